The lowest BCUT2D eigenvalue weighted by Gasteiger charge is -2.34. The molecule has 1 N–H and O–H groups in total. The van der Waals surface area contributed by atoms with E-state index in [1.54, 1.807) is 11.3 Å². The predicted octanol–water partition coefficient (Wildman–Crippen LogP) is 4.49. The maximum Gasteiger partial charge on any atom is 0.0849 e. The third-order valence-corrected chi connectivity index (χ3v) is 5.65. The first-order valence-electron chi connectivity index (χ1n) is 5.89. The van der Waals surface area contributed by atoms with Gasteiger partial charge in [0, 0.05) is 6.61 Å². The molecular weight excluding hydrogens is 366 g/mol. The Morgan fingerprint density at radius 3 is 2.82 bits per heavy atom. The molecule has 5 heteroatoms. The van der Waals surface area contributed by atoms with E-state index in [0.29, 0.717) is 0 Å². The smallest absolute Gasteiger partial charge is 0.0849 e. The highest BCUT2D eigenvalue weighted by Gasteiger charge is 2.40. The molecule has 0 saturated carbocycles. The van der Waals surface area contributed by atoms with Gasteiger partial charge in [-0.05, 0) is 69.8 Å². The summed E-state index contributed by atoms with van der Waals surface area (Å²) in [6.45, 7) is 6.18. The second-order valence-corrected chi connectivity index (χ2v) is 8.28. The lowest BCUT2D eigenvalue weighted by Crippen LogP contribution is -2.41. The fourth-order valence-corrected chi connectivity index (χ4v) is 5.34. The molecule has 0 aromatic carbocycles. The highest BCUT2D eigenvalue weighted by atomic mass is 79.9. The van der Waals surface area contributed by atoms with Crippen LogP contribution in [0.15, 0.2) is 13.6 Å². The highest BCUT2D eigenvalue weighted by molar-refractivity contribution is 9.12. The van der Waals surface area contributed by atoms with E-state index in [0.717, 1.165) is 29.8 Å². The van der Waals surface area contributed by atoms with Crippen LogP contribution in [0.4, 0.5) is 0 Å². The molecule has 1 aliphatic rings. The standard InChI is InChI=1S/C12H17Br2NOS/c1-3-15-10(12(2)5-4-6-16-12)8-7-9(13)17-11(8)14/h7,10,15H,3-6H2,1-2H3. The van der Waals surface area contributed by atoms with Crippen molar-refractivity contribution >= 4 is 43.2 Å². The summed E-state index contributed by atoms with van der Waals surface area (Å²) in [6.07, 6.45) is 2.27. The second kappa shape index (κ2) is 5.70. The van der Waals surface area contributed by atoms with Crippen LogP contribution in [0.1, 0.15) is 38.3 Å². The Morgan fingerprint density at radius 1 is 1.59 bits per heavy atom. The van der Waals surface area contributed by atoms with Crippen molar-refractivity contribution in [1.82, 2.24) is 5.32 Å². The van der Waals surface area contributed by atoms with Crippen molar-refractivity contribution in [3.05, 3.63) is 19.2 Å². The Bertz CT molecular complexity index is 388. The van der Waals surface area contributed by atoms with E-state index in [1.807, 2.05) is 0 Å². The molecule has 1 aromatic rings. The molecule has 0 aliphatic carbocycles. The number of likely N-dealkylation sites (N-methyl/N-ethyl adjacent to an activating group) is 1. The minimum atomic E-state index is -0.0843. The number of thiophene rings is 1. The van der Waals surface area contributed by atoms with Crippen LogP contribution in [0.3, 0.4) is 0 Å². The summed E-state index contributed by atoms with van der Waals surface area (Å²) in [4.78, 5) is 0. The van der Waals surface area contributed by atoms with Gasteiger partial charge in [0.15, 0.2) is 0 Å². The molecule has 17 heavy (non-hydrogen) atoms. The summed E-state index contributed by atoms with van der Waals surface area (Å²) < 4.78 is 8.32. The van der Waals surface area contributed by atoms with E-state index < -0.39 is 0 Å². The molecule has 96 valence electrons. The zero-order valence-corrected chi connectivity index (χ0v) is 14.0. The van der Waals surface area contributed by atoms with Crippen LogP contribution in [-0.2, 0) is 4.74 Å². The summed E-state index contributed by atoms with van der Waals surface area (Å²) in [7, 11) is 0. The normalized spacial score (nSPS) is 26.4. The molecule has 1 aliphatic heterocycles. The van der Waals surface area contributed by atoms with Gasteiger partial charge in [-0.15, -0.1) is 11.3 Å². The van der Waals surface area contributed by atoms with Gasteiger partial charge >= 0.3 is 0 Å². The van der Waals surface area contributed by atoms with E-state index in [-0.39, 0.29) is 11.6 Å². The average molecular weight is 383 g/mol. The average Bonchev–Trinajstić information content (AvgIpc) is 2.83. The second-order valence-electron chi connectivity index (χ2n) is 4.53. The molecule has 0 spiro atoms. The van der Waals surface area contributed by atoms with Crippen LogP contribution in [0.2, 0.25) is 0 Å². The largest absolute Gasteiger partial charge is 0.373 e. The van der Waals surface area contributed by atoms with E-state index in [2.05, 4.69) is 57.1 Å². The molecule has 0 radical (unpaired) electrons. The van der Waals surface area contributed by atoms with Gasteiger partial charge in [0.05, 0.1) is 19.2 Å². The molecular formula is C12H17Br2NOS. The van der Waals surface area contributed by atoms with Gasteiger partial charge in [0.25, 0.3) is 0 Å². The van der Waals surface area contributed by atoms with E-state index in [4.69, 9.17) is 4.74 Å². The Hall–Kier alpha value is 0.580. The summed E-state index contributed by atoms with van der Waals surface area (Å²) >= 11 is 8.92. The van der Waals surface area contributed by atoms with Crippen LogP contribution in [0, 0.1) is 0 Å². The molecule has 1 saturated heterocycles. The quantitative estimate of drug-likeness (QED) is 0.827. The minimum absolute atomic E-state index is 0.0843. The predicted molar refractivity (Wildman–Crippen MR) is 79.7 cm³/mol. The van der Waals surface area contributed by atoms with Gasteiger partial charge in [-0.2, -0.15) is 0 Å². The molecule has 2 atom stereocenters. The fourth-order valence-electron chi connectivity index (χ4n) is 2.44. The summed E-state index contributed by atoms with van der Waals surface area (Å²) in [5, 5.41) is 3.57. The molecule has 0 amide bonds. The lowest BCUT2D eigenvalue weighted by molar-refractivity contribution is -0.0121. The van der Waals surface area contributed by atoms with Gasteiger partial charge < -0.3 is 10.1 Å². The van der Waals surface area contributed by atoms with Crippen LogP contribution < -0.4 is 5.32 Å². The highest BCUT2D eigenvalue weighted by Crippen LogP contribution is 2.43. The van der Waals surface area contributed by atoms with Gasteiger partial charge in [0.2, 0.25) is 0 Å². The van der Waals surface area contributed by atoms with Crippen molar-refractivity contribution < 1.29 is 4.74 Å². The van der Waals surface area contributed by atoms with E-state index in [9.17, 15) is 0 Å². The maximum absolute atomic E-state index is 5.98. The third kappa shape index (κ3) is 2.95. The summed E-state index contributed by atoms with van der Waals surface area (Å²) in [6, 6.07) is 2.45. The molecule has 0 bridgehead atoms. The number of nitrogens with one attached hydrogen (secondary N) is 1. The van der Waals surface area contributed by atoms with Crippen LogP contribution in [0.25, 0.3) is 0 Å². The van der Waals surface area contributed by atoms with Crippen LogP contribution in [-0.4, -0.2) is 18.8 Å². The van der Waals surface area contributed by atoms with Crippen molar-refractivity contribution in [2.24, 2.45) is 0 Å². The number of hydrogen-bond acceptors (Lipinski definition) is 3. The first-order valence-corrected chi connectivity index (χ1v) is 8.29. The number of halogens is 2. The fraction of sp³-hybridized carbons (Fsp3) is 0.667. The van der Waals surface area contributed by atoms with E-state index in [1.165, 1.54) is 9.35 Å². The summed E-state index contributed by atoms with van der Waals surface area (Å²) in [5.74, 6) is 0. The Kier molecular flexibility index (Phi) is 4.69. The number of ether oxygens (including phenoxy) is 1. The van der Waals surface area contributed by atoms with Crippen molar-refractivity contribution in [3.63, 3.8) is 0 Å². The molecule has 2 nitrogen and oxygen atoms in total. The first-order chi connectivity index (χ1) is 8.07. The number of hydrogen-bond donors (Lipinski definition) is 1. The van der Waals surface area contributed by atoms with Gasteiger partial charge in [-0.1, -0.05) is 6.92 Å². The van der Waals surface area contributed by atoms with Crippen molar-refractivity contribution in [3.8, 4) is 0 Å². The van der Waals surface area contributed by atoms with Crippen molar-refractivity contribution in [1.29, 1.82) is 0 Å². The van der Waals surface area contributed by atoms with Gasteiger partial charge in [-0.25, -0.2) is 0 Å². The van der Waals surface area contributed by atoms with Crippen molar-refractivity contribution in [2.75, 3.05) is 13.2 Å². The van der Waals surface area contributed by atoms with Crippen molar-refractivity contribution in [2.45, 2.75) is 38.3 Å². The topological polar surface area (TPSA) is 21.3 Å². The number of rotatable bonds is 4. The Labute approximate surface area is 123 Å². The van der Waals surface area contributed by atoms with Crippen LogP contribution in [0.5, 0.6) is 0 Å². The zero-order chi connectivity index (χ0) is 12.5. The lowest BCUT2D eigenvalue weighted by atomic mass is 9.89. The van der Waals surface area contributed by atoms with Crippen LogP contribution >= 0.6 is 43.2 Å². The maximum atomic E-state index is 5.98. The minimum Gasteiger partial charge on any atom is -0.373 e. The molecule has 1 aromatic heterocycles. The molecule has 1 fully saturated rings. The SMILES string of the molecule is CCNC(c1cc(Br)sc1Br)C1(C)CCCO1. The zero-order valence-electron chi connectivity index (χ0n) is 10.1. The van der Waals surface area contributed by atoms with E-state index >= 15 is 0 Å². The Morgan fingerprint density at radius 2 is 2.35 bits per heavy atom. The molecule has 2 heterocycles. The summed E-state index contributed by atoms with van der Waals surface area (Å²) in [5.41, 5.74) is 1.21. The Balaban J connectivity index is 2.31. The van der Waals surface area contributed by atoms with Gasteiger partial charge in [0.1, 0.15) is 0 Å². The molecule has 2 rings (SSSR count). The first kappa shape index (κ1) is 14.0. The monoisotopic (exact) mass is 381 g/mol. The van der Waals surface area contributed by atoms with Gasteiger partial charge in [-0.3, -0.25) is 0 Å². The third-order valence-electron chi connectivity index (χ3n) is 3.26. The molecule has 2 unspecified atom stereocenters.